The van der Waals surface area contributed by atoms with E-state index in [1.165, 1.54) is 6.92 Å². The molecule has 5 nitrogen and oxygen atoms in total. The molecule has 2 aromatic rings. The summed E-state index contributed by atoms with van der Waals surface area (Å²) in [5, 5.41) is 10.3. The second-order valence-electron chi connectivity index (χ2n) is 2.74. The molecule has 1 N–H and O–H groups in total. The summed E-state index contributed by atoms with van der Waals surface area (Å²) in [6, 6.07) is 3.27. The third-order valence-corrected chi connectivity index (χ3v) is 1.98. The summed E-state index contributed by atoms with van der Waals surface area (Å²) in [6.07, 6.45) is 0. The van der Waals surface area contributed by atoms with E-state index in [9.17, 15) is 4.79 Å². The molecule has 0 bridgehead atoms. The Morgan fingerprint density at radius 2 is 2.14 bits per heavy atom. The minimum absolute atomic E-state index is 0.184. The molecule has 0 saturated heterocycles. The molecule has 1 aromatic carbocycles. The summed E-state index contributed by atoms with van der Waals surface area (Å²) in [5.41, 5.74) is 1.43. The fourth-order valence-corrected chi connectivity index (χ4v) is 1.31. The van der Waals surface area contributed by atoms with Gasteiger partial charge in [0, 0.05) is 6.92 Å². The van der Waals surface area contributed by atoms with Crippen LogP contribution in [0.5, 0.6) is 0 Å². The second-order valence-corrected chi connectivity index (χ2v) is 3.14. The minimum Gasteiger partial charge on any atom is -0.324 e. The summed E-state index contributed by atoms with van der Waals surface area (Å²) in [4.78, 5) is 10.8. The van der Waals surface area contributed by atoms with Gasteiger partial charge < -0.3 is 5.32 Å². The fourth-order valence-electron chi connectivity index (χ4n) is 1.13. The Morgan fingerprint density at radius 3 is 2.86 bits per heavy atom. The highest BCUT2D eigenvalue weighted by molar-refractivity contribution is 6.35. The zero-order chi connectivity index (χ0) is 10.1. The highest BCUT2D eigenvalue weighted by Crippen LogP contribution is 2.26. The predicted molar refractivity (Wildman–Crippen MR) is 51.1 cm³/mol. The zero-order valence-corrected chi connectivity index (χ0v) is 8.00. The topological polar surface area (TPSA) is 68.0 Å². The molecule has 6 heteroatoms. The molecule has 0 unspecified atom stereocenters. The number of carbonyl (C=O) groups is 1. The lowest BCUT2D eigenvalue weighted by atomic mass is 10.2. The Labute approximate surface area is 84.0 Å². The summed E-state index contributed by atoms with van der Waals surface area (Å²) >= 11 is 5.83. The van der Waals surface area contributed by atoms with Gasteiger partial charge in [0.25, 0.3) is 0 Å². The van der Waals surface area contributed by atoms with Crippen LogP contribution >= 0.6 is 11.6 Å². The molecule has 0 aliphatic heterocycles. The van der Waals surface area contributed by atoms with Gasteiger partial charge in [-0.3, -0.25) is 4.79 Å². The maximum absolute atomic E-state index is 10.8. The van der Waals surface area contributed by atoms with Crippen LogP contribution < -0.4 is 5.32 Å². The van der Waals surface area contributed by atoms with Gasteiger partial charge >= 0.3 is 0 Å². The molecule has 0 saturated carbocycles. The van der Waals surface area contributed by atoms with E-state index in [4.69, 9.17) is 11.6 Å². The third-order valence-electron chi connectivity index (χ3n) is 1.68. The lowest BCUT2D eigenvalue weighted by Crippen LogP contribution is -2.06. The number of carbonyl (C=O) groups excluding carboxylic acids is 1. The Balaban J connectivity index is 2.60. The highest BCUT2D eigenvalue weighted by Gasteiger charge is 2.10. The minimum atomic E-state index is -0.184. The number of nitrogens with one attached hydrogen (secondary N) is 1. The van der Waals surface area contributed by atoms with Gasteiger partial charge in [0.15, 0.2) is 11.0 Å². The van der Waals surface area contributed by atoms with E-state index in [1.807, 2.05) is 0 Å². The van der Waals surface area contributed by atoms with Gasteiger partial charge in [-0.15, -0.1) is 0 Å². The summed E-state index contributed by atoms with van der Waals surface area (Å²) in [5.74, 6) is -0.184. The molecule has 1 amide bonds. The maximum Gasteiger partial charge on any atom is 0.221 e. The Kier molecular flexibility index (Phi) is 2.09. The van der Waals surface area contributed by atoms with Gasteiger partial charge in [0.05, 0.1) is 10.7 Å². The number of fused-ring (bicyclic) bond motifs is 1. The average molecular weight is 212 g/mol. The second kappa shape index (κ2) is 3.26. The van der Waals surface area contributed by atoms with Crippen LogP contribution in [0.25, 0.3) is 11.0 Å². The van der Waals surface area contributed by atoms with Gasteiger partial charge in [0.2, 0.25) is 5.91 Å². The van der Waals surface area contributed by atoms with Gasteiger partial charge in [-0.2, -0.15) is 0 Å². The highest BCUT2D eigenvalue weighted by atomic mass is 35.5. The first-order valence-electron chi connectivity index (χ1n) is 3.87. The summed E-state index contributed by atoms with van der Waals surface area (Å²) in [7, 11) is 0. The summed E-state index contributed by atoms with van der Waals surface area (Å²) < 4.78 is 4.53. The van der Waals surface area contributed by atoms with E-state index >= 15 is 0 Å². The SMILES string of the molecule is CC(=O)Nc1ccc(Cl)c2nonc12. The van der Waals surface area contributed by atoms with Crippen LogP contribution in [0.15, 0.2) is 16.8 Å². The lowest BCUT2D eigenvalue weighted by molar-refractivity contribution is -0.114. The molecule has 72 valence electrons. The van der Waals surface area contributed by atoms with Crippen LogP contribution in [0, 0.1) is 0 Å². The van der Waals surface area contributed by atoms with Crippen molar-refractivity contribution in [3.63, 3.8) is 0 Å². The molecule has 0 radical (unpaired) electrons. The van der Waals surface area contributed by atoms with Crippen LogP contribution in [-0.2, 0) is 4.79 Å². The van der Waals surface area contributed by atoms with Crippen molar-refractivity contribution in [2.24, 2.45) is 0 Å². The number of rotatable bonds is 1. The van der Waals surface area contributed by atoms with Crippen molar-refractivity contribution in [3.8, 4) is 0 Å². The number of halogens is 1. The smallest absolute Gasteiger partial charge is 0.221 e. The predicted octanol–water partition coefficient (Wildman–Crippen LogP) is 1.83. The molecule has 0 atom stereocenters. The molecule has 1 aromatic heterocycles. The van der Waals surface area contributed by atoms with E-state index < -0.39 is 0 Å². The first kappa shape index (κ1) is 8.96. The molecule has 0 fully saturated rings. The van der Waals surface area contributed by atoms with Gasteiger partial charge in [-0.1, -0.05) is 11.6 Å². The quantitative estimate of drug-likeness (QED) is 0.782. The van der Waals surface area contributed by atoms with Gasteiger partial charge in [0.1, 0.15) is 0 Å². The van der Waals surface area contributed by atoms with Crippen LogP contribution in [0.3, 0.4) is 0 Å². The number of anilines is 1. The van der Waals surface area contributed by atoms with Crippen LogP contribution in [0.2, 0.25) is 5.02 Å². The van der Waals surface area contributed by atoms with Crippen LogP contribution in [-0.4, -0.2) is 16.2 Å². The number of aromatic nitrogens is 2. The summed E-state index contributed by atoms with van der Waals surface area (Å²) in [6.45, 7) is 1.41. The first-order chi connectivity index (χ1) is 6.68. The maximum atomic E-state index is 10.8. The van der Waals surface area contributed by atoms with E-state index in [0.717, 1.165) is 0 Å². The molecule has 0 aliphatic rings. The van der Waals surface area contributed by atoms with Crippen molar-refractivity contribution >= 4 is 34.2 Å². The molecular weight excluding hydrogens is 206 g/mol. The largest absolute Gasteiger partial charge is 0.324 e. The zero-order valence-electron chi connectivity index (χ0n) is 7.24. The number of benzene rings is 1. The Morgan fingerprint density at radius 1 is 1.43 bits per heavy atom. The normalized spacial score (nSPS) is 10.4. The van der Waals surface area contributed by atoms with Crippen molar-refractivity contribution in [1.82, 2.24) is 10.3 Å². The standard InChI is InChI=1S/C8H6ClN3O2/c1-4(13)10-6-3-2-5(9)7-8(6)12-14-11-7/h2-3H,1H3,(H,10,13). The Bertz CT molecular complexity index is 494. The van der Waals surface area contributed by atoms with Crippen LogP contribution in [0.1, 0.15) is 6.92 Å². The molecule has 1 heterocycles. The van der Waals surface area contributed by atoms with Crippen molar-refractivity contribution in [3.05, 3.63) is 17.2 Å². The van der Waals surface area contributed by atoms with Crippen LogP contribution in [0.4, 0.5) is 5.69 Å². The molecule has 0 aliphatic carbocycles. The molecule has 2 rings (SSSR count). The monoisotopic (exact) mass is 211 g/mol. The van der Waals surface area contributed by atoms with E-state index in [2.05, 4.69) is 20.3 Å². The lowest BCUT2D eigenvalue weighted by Gasteiger charge is -2.01. The van der Waals surface area contributed by atoms with Crippen molar-refractivity contribution in [2.75, 3.05) is 5.32 Å². The van der Waals surface area contributed by atoms with Gasteiger partial charge in [-0.05, 0) is 22.4 Å². The number of nitrogens with zero attached hydrogens (tertiary/aromatic N) is 2. The van der Waals surface area contributed by atoms with Crippen molar-refractivity contribution < 1.29 is 9.42 Å². The van der Waals surface area contributed by atoms with E-state index in [1.54, 1.807) is 12.1 Å². The molecule has 0 spiro atoms. The average Bonchev–Trinajstić information content (AvgIpc) is 2.58. The third kappa shape index (κ3) is 1.42. The van der Waals surface area contributed by atoms with Crippen molar-refractivity contribution in [2.45, 2.75) is 6.92 Å². The number of hydrogen-bond acceptors (Lipinski definition) is 4. The molecule has 14 heavy (non-hydrogen) atoms. The Hall–Kier alpha value is -1.62. The fraction of sp³-hybridized carbons (Fsp3) is 0.125. The first-order valence-corrected chi connectivity index (χ1v) is 4.24. The number of amides is 1. The van der Waals surface area contributed by atoms with E-state index in [-0.39, 0.29) is 5.91 Å². The molecular formula is C8H6ClN3O2. The van der Waals surface area contributed by atoms with Gasteiger partial charge in [-0.25, -0.2) is 4.63 Å². The number of hydrogen-bond donors (Lipinski definition) is 1. The van der Waals surface area contributed by atoms with Crippen molar-refractivity contribution in [1.29, 1.82) is 0 Å². The van der Waals surface area contributed by atoms with E-state index in [0.29, 0.717) is 21.7 Å².